The number of aromatic amines is 1. The molecule has 2 aromatic rings. The highest BCUT2D eigenvalue weighted by Crippen LogP contribution is 2.31. The molecule has 0 fully saturated rings. The summed E-state index contributed by atoms with van der Waals surface area (Å²) in [7, 11) is 0. The molecule has 0 saturated heterocycles. The van der Waals surface area contributed by atoms with E-state index in [9.17, 15) is 9.59 Å². The van der Waals surface area contributed by atoms with Crippen molar-refractivity contribution >= 4 is 27.0 Å². The van der Waals surface area contributed by atoms with Crippen molar-refractivity contribution in [2.75, 3.05) is 0 Å². The zero-order valence-corrected chi connectivity index (χ0v) is 11.5. The molecule has 0 amide bonds. The number of halogens is 1. The molecule has 0 spiro atoms. The fraction of sp³-hybridized carbons (Fsp3) is 0.308. The van der Waals surface area contributed by atoms with Crippen LogP contribution in [0.25, 0.3) is 11.0 Å². The van der Waals surface area contributed by atoms with Crippen LogP contribution in [0.4, 0.5) is 0 Å². The topological polar surface area (TPSA) is 78.7 Å². The minimum absolute atomic E-state index is 0.212. The summed E-state index contributed by atoms with van der Waals surface area (Å²) in [5.41, 5.74) is 1.19. The van der Waals surface area contributed by atoms with Crippen molar-refractivity contribution in [2.45, 2.75) is 25.3 Å². The van der Waals surface area contributed by atoms with Crippen molar-refractivity contribution in [3.8, 4) is 6.07 Å². The lowest BCUT2D eigenvalue weighted by atomic mass is 9.96. The molecule has 2 heterocycles. The average Bonchev–Trinajstić information content (AvgIpc) is 2.37. The van der Waals surface area contributed by atoms with Gasteiger partial charge in [0.15, 0.2) is 0 Å². The maximum absolute atomic E-state index is 12.1. The van der Waals surface area contributed by atoms with Crippen LogP contribution in [0.2, 0.25) is 0 Å². The van der Waals surface area contributed by atoms with Crippen molar-refractivity contribution in [1.29, 1.82) is 5.26 Å². The van der Waals surface area contributed by atoms with Crippen LogP contribution in [0.3, 0.4) is 0 Å². The second-order valence-electron chi connectivity index (χ2n) is 4.65. The summed E-state index contributed by atoms with van der Waals surface area (Å²) >= 11 is 3.40. The summed E-state index contributed by atoms with van der Waals surface area (Å²) in [5.74, 6) is 0. The third-order valence-corrected chi connectivity index (χ3v) is 3.95. The van der Waals surface area contributed by atoms with Gasteiger partial charge < -0.3 is 4.98 Å². The van der Waals surface area contributed by atoms with Gasteiger partial charge in [-0.3, -0.25) is 14.2 Å². The first-order chi connectivity index (χ1) is 9.11. The number of benzene rings is 1. The standard InChI is InChI=1S/C13H10BrN3O2/c14-8-5-7-1-2-9(3-4-15)17-11(7)10(6-8)16-12(18)13(17)19/h5-6,9H,1-3H2,(H,16,18). The Morgan fingerprint density at radius 2 is 2.26 bits per heavy atom. The summed E-state index contributed by atoms with van der Waals surface area (Å²) in [4.78, 5) is 26.4. The minimum Gasteiger partial charge on any atom is -0.316 e. The second-order valence-corrected chi connectivity index (χ2v) is 5.56. The molecule has 19 heavy (non-hydrogen) atoms. The molecule has 1 aromatic heterocycles. The number of nitrogens with zero attached hydrogens (tertiary/aromatic N) is 2. The summed E-state index contributed by atoms with van der Waals surface area (Å²) in [5, 5.41) is 8.87. The smallest absolute Gasteiger partial charge is 0.316 e. The van der Waals surface area contributed by atoms with Crippen LogP contribution < -0.4 is 11.1 Å². The van der Waals surface area contributed by atoms with Gasteiger partial charge in [0.2, 0.25) is 0 Å². The third-order valence-electron chi connectivity index (χ3n) is 3.49. The molecule has 5 nitrogen and oxygen atoms in total. The van der Waals surface area contributed by atoms with Crippen molar-refractivity contribution < 1.29 is 0 Å². The van der Waals surface area contributed by atoms with Gasteiger partial charge in [-0.05, 0) is 30.5 Å². The Kier molecular flexibility index (Phi) is 2.79. The molecular formula is C13H10BrN3O2. The van der Waals surface area contributed by atoms with Crippen LogP contribution in [-0.2, 0) is 6.42 Å². The Balaban J connectivity index is 2.47. The average molecular weight is 320 g/mol. The maximum atomic E-state index is 12.1. The van der Waals surface area contributed by atoms with E-state index in [1.165, 1.54) is 4.57 Å². The van der Waals surface area contributed by atoms with Crippen LogP contribution in [0, 0.1) is 11.3 Å². The van der Waals surface area contributed by atoms with Crippen molar-refractivity contribution in [3.63, 3.8) is 0 Å². The van der Waals surface area contributed by atoms with E-state index in [1.807, 2.05) is 6.07 Å². The van der Waals surface area contributed by atoms with Gasteiger partial charge >= 0.3 is 11.1 Å². The molecule has 3 rings (SSSR count). The van der Waals surface area contributed by atoms with E-state index in [1.54, 1.807) is 6.07 Å². The van der Waals surface area contributed by atoms with Crippen molar-refractivity contribution in [1.82, 2.24) is 9.55 Å². The zero-order chi connectivity index (χ0) is 13.6. The Hall–Kier alpha value is -1.87. The number of aromatic nitrogens is 2. The monoisotopic (exact) mass is 319 g/mol. The largest absolute Gasteiger partial charge is 0.317 e. The molecule has 1 unspecified atom stereocenters. The summed E-state index contributed by atoms with van der Waals surface area (Å²) in [6, 6.07) is 5.62. The highest BCUT2D eigenvalue weighted by atomic mass is 79.9. The fourth-order valence-electron chi connectivity index (χ4n) is 2.71. The highest BCUT2D eigenvalue weighted by Gasteiger charge is 2.24. The SMILES string of the molecule is N#CCC1CCc2cc(Br)cc3[nH]c(=O)c(=O)n1c23. The molecule has 1 aliphatic rings. The van der Waals surface area contributed by atoms with E-state index in [0.717, 1.165) is 22.0 Å². The van der Waals surface area contributed by atoms with Gasteiger partial charge in [-0.1, -0.05) is 15.9 Å². The van der Waals surface area contributed by atoms with Crippen LogP contribution in [0.1, 0.15) is 24.4 Å². The second kappa shape index (κ2) is 4.35. The normalized spacial score (nSPS) is 17.4. The Labute approximate surface area is 116 Å². The van der Waals surface area contributed by atoms with Crippen molar-refractivity contribution in [3.05, 3.63) is 42.9 Å². The maximum Gasteiger partial charge on any atom is 0.317 e. The first-order valence-corrected chi connectivity index (χ1v) is 6.75. The predicted molar refractivity (Wildman–Crippen MR) is 74.1 cm³/mol. The van der Waals surface area contributed by atoms with E-state index >= 15 is 0 Å². The molecule has 1 atom stereocenters. The van der Waals surface area contributed by atoms with Crippen LogP contribution in [0.15, 0.2) is 26.2 Å². The predicted octanol–water partition coefficient (Wildman–Crippen LogP) is 1.85. The number of nitriles is 1. The molecule has 1 N–H and O–H groups in total. The van der Waals surface area contributed by atoms with Gasteiger partial charge in [-0.2, -0.15) is 5.26 Å². The van der Waals surface area contributed by atoms with E-state index in [-0.39, 0.29) is 12.5 Å². The minimum atomic E-state index is -0.638. The molecule has 1 aliphatic heterocycles. The van der Waals surface area contributed by atoms with E-state index in [4.69, 9.17) is 5.26 Å². The van der Waals surface area contributed by atoms with Gasteiger partial charge in [0.25, 0.3) is 0 Å². The molecule has 0 radical (unpaired) electrons. The Morgan fingerprint density at radius 1 is 1.47 bits per heavy atom. The van der Waals surface area contributed by atoms with E-state index in [2.05, 4.69) is 27.0 Å². The molecular weight excluding hydrogens is 310 g/mol. The molecule has 6 heteroatoms. The van der Waals surface area contributed by atoms with Crippen LogP contribution >= 0.6 is 15.9 Å². The molecule has 96 valence electrons. The lowest BCUT2D eigenvalue weighted by molar-refractivity contribution is 0.455. The summed E-state index contributed by atoms with van der Waals surface area (Å²) < 4.78 is 2.36. The number of hydrogen-bond donors (Lipinski definition) is 1. The quantitative estimate of drug-likeness (QED) is 0.815. The lowest BCUT2D eigenvalue weighted by Gasteiger charge is -2.25. The first-order valence-electron chi connectivity index (χ1n) is 5.95. The third kappa shape index (κ3) is 1.81. The number of aryl methyl sites for hydroxylation is 1. The molecule has 0 aliphatic carbocycles. The number of nitrogens with one attached hydrogen (secondary N) is 1. The van der Waals surface area contributed by atoms with Gasteiger partial charge in [0.1, 0.15) is 0 Å². The molecule has 0 saturated carbocycles. The number of rotatable bonds is 1. The molecule has 1 aromatic carbocycles. The number of H-pyrrole nitrogens is 1. The molecule has 0 bridgehead atoms. The number of hydrogen-bond acceptors (Lipinski definition) is 3. The summed E-state index contributed by atoms with van der Waals surface area (Å²) in [6.45, 7) is 0. The zero-order valence-electron chi connectivity index (χ0n) is 9.94. The van der Waals surface area contributed by atoms with Gasteiger partial charge in [-0.25, -0.2) is 0 Å². The first kappa shape index (κ1) is 12.2. The van der Waals surface area contributed by atoms with Gasteiger partial charge in [-0.15, -0.1) is 0 Å². The van der Waals surface area contributed by atoms with Gasteiger partial charge in [0.05, 0.1) is 29.6 Å². The summed E-state index contributed by atoms with van der Waals surface area (Å²) in [6.07, 6.45) is 1.75. The van der Waals surface area contributed by atoms with Crippen LogP contribution in [-0.4, -0.2) is 9.55 Å². The van der Waals surface area contributed by atoms with E-state index < -0.39 is 11.1 Å². The Bertz CT molecular complexity index is 829. The highest BCUT2D eigenvalue weighted by molar-refractivity contribution is 9.10. The van der Waals surface area contributed by atoms with Gasteiger partial charge in [0, 0.05) is 4.47 Å². The fourth-order valence-corrected chi connectivity index (χ4v) is 3.22. The lowest BCUT2D eigenvalue weighted by Crippen LogP contribution is -2.40. The van der Waals surface area contributed by atoms with Crippen LogP contribution in [0.5, 0.6) is 0 Å². The van der Waals surface area contributed by atoms with E-state index in [0.29, 0.717) is 11.9 Å². The Morgan fingerprint density at radius 3 is 3.00 bits per heavy atom. The van der Waals surface area contributed by atoms with Crippen molar-refractivity contribution in [2.24, 2.45) is 0 Å².